The fourth-order valence-electron chi connectivity index (χ4n) is 1.86. The van der Waals surface area contributed by atoms with Gasteiger partial charge in [-0.05, 0) is 26.8 Å². The van der Waals surface area contributed by atoms with Crippen LogP contribution >= 0.6 is 0 Å². The number of anilines is 1. The first-order valence-corrected chi connectivity index (χ1v) is 6.40. The maximum atomic E-state index is 11.4. The summed E-state index contributed by atoms with van der Waals surface area (Å²) < 4.78 is 0. The van der Waals surface area contributed by atoms with Crippen LogP contribution in [0.4, 0.5) is 5.69 Å². The van der Waals surface area contributed by atoms with Gasteiger partial charge in [-0.25, -0.2) is 4.79 Å². The molecular weight excluding hydrogens is 256 g/mol. The van der Waals surface area contributed by atoms with E-state index in [2.05, 4.69) is 10.3 Å². The fourth-order valence-corrected chi connectivity index (χ4v) is 1.86. The summed E-state index contributed by atoms with van der Waals surface area (Å²) in [6.07, 6.45) is 0.696. The molecule has 0 radical (unpaired) electrons. The van der Waals surface area contributed by atoms with Gasteiger partial charge in [0.2, 0.25) is 0 Å². The highest BCUT2D eigenvalue weighted by Crippen LogP contribution is 2.29. The van der Waals surface area contributed by atoms with Gasteiger partial charge in [0, 0.05) is 11.6 Å². The molecule has 0 aliphatic rings. The first kappa shape index (κ1) is 14.3. The number of aliphatic hydroxyl groups is 1. The third-order valence-corrected chi connectivity index (χ3v) is 3.50. The molecule has 0 fully saturated rings. The number of aliphatic hydroxyl groups excluding tert-OH is 1. The molecule has 5 heteroatoms. The monoisotopic (exact) mass is 274 g/mol. The molecule has 2 aromatic rings. The molecule has 1 unspecified atom stereocenters. The third-order valence-electron chi connectivity index (χ3n) is 3.50. The number of aromatic carboxylic acids is 1. The Morgan fingerprint density at radius 2 is 2.00 bits per heavy atom. The first-order valence-electron chi connectivity index (χ1n) is 6.40. The number of rotatable bonds is 4. The molecule has 3 N–H and O–H groups in total. The molecular formula is C15H18N2O3. The lowest BCUT2D eigenvalue weighted by Crippen LogP contribution is -2.42. The number of pyridine rings is 1. The van der Waals surface area contributed by atoms with E-state index in [0.717, 1.165) is 5.39 Å². The minimum Gasteiger partial charge on any atom is -0.478 e. The minimum atomic E-state index is -1.05. The van der Waals surface area contributed by atoms with Crippen LogP contribution in [-0.2, 0) is 0 Å². The number of benzene rings is 1. The highest BCUT2D eigenvalue weighted by Gasteiger charge is 2.27. The van der Waals surface area contributed by atoms with Gasteiger partial charge in [-0.2, -0.15) is 0 Å². The van der Waals surface area contributed by atoms with Crippen LogP contribution in [0.5, 0.6) is 0 Å². The summed E-state index contributed by atoms with van der Waals surface area (Å²) in [6.45, 7) is 5.30. The van der Waals surface area contributed by atoms with Gasteiger partial charge in [-0.3, -0.25) is 4.98 Å². The van der Waals surface area contributed by atoms with E-state index in [0.29, 0.717) is 11.2 Å². The molecule has 1 atom stereocenters. The van der Waals surface area contributed by atoms with Crippen molar-refractivity contribution in [2.75, 3.05) is 5.32 Å². The summed E-state index contributed by atoms with van der Waals surface area (Å²) in [5.41, 5.74) is 0.627. The average Bonchev–Trinajstić information content (AvgIpc) is 2.38. The van der Waals surface area contributed by atoms with Crippen molar-refractivity contribution in [3.63, 3.8) is 0 Å². The Bertz CT molecular complexity index is 651. The molecule has 106 valence electrons. The van der Waals surface area contributed by atoms with Crippen molar-refractivity contribution >= 4 is 22.6 Å². The summed E-state index contributed by atoms with van der Waals surface area (Å²) in [7, 11) is 0. The highest BCUT2D eigenvalue weighted by atomic mass is 16.4. The van der Waals surface area contributed by atoms with E-state index in [-0.39, 0.29) is 5.56 Å². The van der Waals surface area contributed by atoms with E-state index in [9.17, 15) is 15.0 Å². The Labute approximate surface area is 117 Å². The molecule has 0 bridgehead atoms. The van der Waals surface area contributed by atoms with Crippen LogP contribution in [0.25, 0.3) is 10.9 Å². The van der Waals surface area contributed by atoms with Crippen molar-refractivity contribution in [2.24, 2.45) is 0 Å². The number of carboxylic acid groups (broad SMARTS) is 1. The molecule has 0 saturated heterocycles. The smallest absolute Gasteiger partial charge is 0.339 e. The minimum absolute atomic E-state index is 0.0948. The number of carbonyl (C=O) groups is 1. The van der Waals surface area contributed by atoms with Gasteiger partial charge in [0.15, 0.2) is 0 Å². The van der Waals surface area contributed by atoms with E-state index >= 15 is 0 Å². The molecule has 0 saturated carbocycles. The molecule has 20 heavy (non-hydrogen) atoms. The van der Waals surface area contributed by atoms with Gasteiger partial charge in [0.25, 0.3) is 0 Å². The number of aromatic nitrogens is 1. The van der Waals surface area contributed by atoms with E-state index in [4.69, 9.17) is 0 Å². The Morgan fingerprint density at radius 3 is 2.60 bits per heavy atom. The molecule has 2 rings (SSSR count). The largest absolute Gasteiger partial charge is 0.478 e. The zero-order valence-electron chi connectivity index (χ0n) is 11.7. The Kier molecular flexibility index (Phi) is 3.63. The lowest BCUT2D eigenvalue weighted by molar-refractivity contribution is 0.0697. The number of hydrogen-bond acceptors (Lipinski definition) is 4. The second-order valence-electron chi connectivity index (χ2n) is 5.39. The highest BCUT2D eigenvalue weighted by molar-refractivity contribution is 6.04. The summed E-state index contributed by atoms with van der Waals surface area (Å²) in [5.74, 6) is -1.05. The number of hydrogen-bond donors (Lipinski definition) is 3. The van der Waals surface area contributed by atoms with E-state index in [1.807, 2.05) is 38.1 Å². The van der Waals surface area contributed by atoms with Crippen molar-refractivity contribution in [3.8, 4) is 0 Å². The van der Waals surface area contributed by atoms with E-state index in [1.54, 1.807) is 6.92 Å². The van der Waals surface area contributed by atoms with E-state index < -0.39 is 17.6 Å². The van der Waals surface area contributed by atoms with Crippen LogP contribution in [0.3, 0.4) is 0 Å². The topological polar surface area (TPSA) is 82.5 Å². The summed E-state index contributed by atoms with van der Waals surface area (Å²) in [5, 5.41) is 23.0. The second-order valence-corrected chi connectivity index (χ2v) is 5.39. The van der Waals surface area contributed by atoms with Crippen molar-refractivity contribution < 1.29 is 15.0 Å². The van der Waals surface area contributed by atoms with Gasteiger partial charge < -0.3 is 15.5 Å². The van der Waals surface area contributed by atoms with Crippen LogP contribution in [0.15, 0.2) is 30.5 Å². The predicted octanol–water partition coefficient (Wildman–Crippen LogP) is 2.50. The second kappa shape index (κ2) is 5.09. The molecule has 1 aromatic carbocycles. The van der Waals surface area contributed by atoms with Gasteiger partial charge >= 0.3 is 5.97 Å². The molecule has 1 heterocycles. The summed E-state index contributed by atoms with van der Waals surface area (Å²) in [4.78, 5) is 15.5. The average molecular weight is 274 g/mol. The Hall–Kier alpha value is -2.14. The lowest BCUT2D eigenvalue weighted by Gasteiger charge is -2.31. The fraction of sp³-hybridized carbons (Fsp3) is 0.333. The lowest BCUT2D eigenvalue weighted by atomic mass is 9.97. The number of nitrogens with one attached hydrogen (secondary N) is 1. The zero-order valence-corrected chi connectivity index (χ0v) is 11.7. The normalized spacial score (nSPS) is 13.2. The van der Waals surface area contributed by atoms with Gasteiger partial charge in [0.1, 0.15) is 5.56 Å². The third kappa shape index (κ3) is 2.58. The molecule has 0 aliphatic carbocycles. The number of para-hydroxylation sites is 1. The number of nitrogens with zero attached hydrogens (tertiary/aromatic N) is 1. The van der Waals surface area contributed by atoms with Gasteiger partial charge in [-0.15, -0.1) is 0 Å². The molecule has 0 amide bonds. The van der Waals surface area contributed by atoms with Crippen LogP contribution in [0.2, 0.25) is 0 Å². The van der Waals surface area contributed by atoms with Crippen molar-refractivity contribution in [1.82, 2.24) is 4.98 Å². The predicted molar refractivity (Wildman–Crippen MR) is 78.1 cm³/mol. The molecule has 0 aliphatic heterocycles. The first-order chi connectivity index (χ1) is 9.33. The summed E-state index contributed by atoms with van der Waals surface area (Å²) in [6, 6.07) is 7.31. The standard InChI is InChI=1S/C15H18N2O3/c1-9(18)15(2,3)17-13-10-6-4-5-7-12(10)16-8-11(13)14(19)20/h4-9,18H,1-3H3,(H,16,17)(H,19,20). The van der Waals surface area contributed by atoms with Crippen LogP contribution in [0.1, 0.15) is 31.1 Å². The number of carboxylic acids is 1. The van der Waals surface area contributed by atoms with Crippen LogP contribution < -0.4 is 5.32 Å². The van der Waals surface area contributed by atoms with E-state index in [1.165, 1.54) is 6.20 Å². The quantitative estimate of drug-likeness (QED) is 0.798. The maximum Gasteiger partial charge on any atom is 0.339 e. The Morgan fingerprint density at radius 1 is 1.35 bits per heavy atom. The zero-order chi connectivity index (χ0) is 14.9. The van der Waals surface area contributed by atoms with Gasteiger partial charge in [0.05, 0.1) is 22.8 Å². The number of fused-ring (bicyclic) bond motifs is 1. The van der Waals surface area contributed by atoms with Crippen molar-refractivity contribution in [3.05, 3.63) is 36.0 Å². The van der Waals surface area contributed by atoms with Gasteiger partial charge in [-0.1, -0.05) is 18.2 Å². The molecule has 5 nitrogen and oxygen atoms in total. The van der Waals surface area contributed by atoms with Crippen LogP contribution in [0, 0.1) is 0 Å². The molecule has 0 spiro atoms. The van der Waals surface area contributed by atoms with Crippen molar-refractivity contribution in [2.45, 2.75) is 32.4 Å². The van der Waals surface area contributed by atoms with Crippen LogP contribution in [-0.4, -0.2) is 32.8 Å². The Balaban J connectivity index is 2.64. The summed E-state index contributed by atoms with van der Waals surface area (Å²) >= 11 is 0. The molecule has 1 aromatic heterocycles. The SMILES string of the molecule is CC(O)C(C)(C)Nc1c(C(=O)O)cnc2ccccc12. The maximum absolute atomic E-state index is 11.4. The van der Waals surface area contributed by atoms with Crippen molar-refractivity contribution in [1.29, 1.82) is 0 Å².